The van der Waals surface area contributed by atoms with Crippen LogP contribution in [0.4, 0.5) is 5.69 Å². The van der Waals surface area contributed by atoms with E-state index in [-0.39, 0.29) is 10.9 Å². The average molecular weight is 355 g/mol. The summed E-state index contributed by atoms with van der Waals surface area (Å²) in [6.07, 6.45) is 2.14. The van der Waals surface area contributed by atoms with Gasteiger partial charge < -0.3 is 4.90 Å². The van der Waals surface area contributed by atoms with Crippen LogP contribution in [0.1, 0.15) is 19.8 Å². The van der Waals surface area contributed by atoms with E-state index in [0.29, 0.717) is 17.3 Å². The number of fused-ring (bicyclic) bond motifs is 1. The van der Waals surface area contributed by atoms with Gasteiger partial charge >= 0.3 is 0 Å². The lowest BCUT2D eigenvalue weighted by Gasteiger charge is -2.33. The molecule has 2 aromatic carbocycles. The van der Waals surface area contributed by atoms with Crippen LogP contribution in [0.3, 0.4) is 0 Å². The van der Waals surface area contributed by atoms with Gasteiger partial charge in [-0.2, -0.15) is 0 Å². The zero-order valence-electron chi connectivity index (χ0n) is 14.0. The first-order chi connectivity index (χ1) is 12.1. The summed E-state index contributed by atoms with van der Waals surface area (Å²) in [4.78, 5) is 29.1. The van der Waals surface area contributed by atoms with Crippen molar-refractivity contribution in [3.8, 4) is 0 Å². The van der Waals surface area contributed by atoms with Gasteiger partial charge in [-0.1, -0.05) is 54.9 Å². The summed E-state index contributed by atoms with van der Waals surface area (Å²) >= 11 is 6.33. The number of carbonyl (C=O) groups is 2. The molecule has 1 atom stereocenters. The van der Waals surface area contributed by atoms with E-state index in [9.17, 15) is 9.59 Å². The maximum atomic E-state index is 13.1. The Hall–Kier alpha value is -2.33. The highest BCUT2D eigenvalue weighted by molar-refractivity contribution is 6.53. The molecule has 2 aliphatic rings. The molecule has 0 aromatic heterocycles. The van der Waals surface area contributed by atoms with Crippen LogP contribution in [-0.2, 0) is 9.59 Å². The number of imide groups is 1. The molecule has 2 aliphatic heterocycles. The van der Waals surface area contributed by atoms with Gasteiger partial charge in [0.25, 0.3) is 11.8 Å². The van der Waals surface area contributed by atoms with Crippen molar-refractivity contribution in [1.82, 2.24) is 4.90 Å². The molecule has 0 radical (unpaired) electrons. The minimum absolute atomic E-state index is 0.0343. The fraction of sp³-hybridized carbons (Fsp3) is 0.300. The van der Waals surface area contributed by atoms with Crippen molar-refractivity contribution in [2.24, 2.45) is 5.92 Å². The highest BCUT2D eigenvalue weighted by atomic mass is 35.5. The first-order valence-corrected chi connectivity index (χ1v) is 8.97. The van der Waals surface area contributed by atoms with Crippen molar-refractivity contribution >= 4 is 39.9 Å². The summed E-state index contributed by atoms with van der Waals surface area (Å²) in [6.45, 7) is 3.68. The standard InChI is InChI=1S/C20H19ClN2O2/c1-13-6-5-11-22(12-13)18-17(21)19(24)23(20(18)25)16-10-4-8-14-7-2-3-9-15(14)16/h2-4,7-10,13H,5-6,11-12H2,1H3. The first kappa shape index (κ1) is 16.2. The molecular weight excluding hydrogens is 336 g/mol. The molecule has 2 heterocycles. The molecule has 2 aromatic rings. The van der Waals surface area contributed by atoms with Gasteiger partial charge in [-0.25, -0.2) is 4.90 Å². The highest BCUT2D eigenvalue weighted by Gasteiger charge is 2.42. The van der Waals surface area contributed by atoms with Crippen molar-refractivity contribution in [1.29, 1.82) is 0 Å². The monoisotopic (exact) mass is 354 g/mol. The predicted molar refractivity (Wildman–Crippen MR) is 99.3 cm³/mol. The molecular formula is C20H19ClN2O2. The normalized spacial score (nSPS) is 21.6. The number of hydrogen-bond donors (Lipinski definition) is 0. The Morgan fingerprint density at radius 3 is 2.60 bits per heavy atom. The largest absolute Gasteiger partial charge is 0.365 e. The number of piperidine rings is 1. The Labute approximate surface area is 151 Å². The van der Waals surface area contributed by atoms with Gasteiger partial charge in [0, 0.05) is 18.5 Å². The van der Waals surface area contributed by atoms with E-state index in [1.54, 1.807) is 6.07 Å². The smallest absolute Gasteiger partial charge is 0.283 e. The Kier molecular flexibility index (Phi) is 4.00. The number of anilines is 1. The summed E-state index contributed by atoms with van der Waals surface area (Å²) < 4.78 is 0. The summed E-state index contributed by atoms with van der Waals surface area (Å²) in [5.74, 6) is -0.267. The SMILES string of the molecule is CC1CCCN(C2=C(Cl)C(=O)N(c3cccc4ccccc34)C2=O)C1. The molecule has 1 fully saturated rings. The molecule has 1 saturated heterocycles. The first-order valence-electron chi connectivity index (χ1n) is 8.59. The molecule has 4 rings (SSSR count). The van der Waals surface area contributed by atoms with Crippen molar-refractivity contribution in [3.05, 3.63) is 53.2 Å². The molecule has 1 unspecified atom stereocenters. The van der Waals surface area contributed by atoms with Crippen molar-refractivity contribution < 1.29 is 9.59 Å². The van der Waals surface area contributed by atoms with E-state index in [2.05, 4.69) is 6.92 Å². The lowest BCUT2D eigenvalue weighted by molar-refractivity contribution is -0.121. The molecule has 2 amide bonds. The number of benzene rings is 2. The van der Waals surface area contributed by atoms with Gasteiger partial charge in [-0.15, -0.1) is 0 Å². The van der Waals surface area contributed by atoms with Crippen LogP contribution < -0.4 is 4.90 Å². The van der Waals surface area contributed by atoms with Crippen molar-refractivity contribution in [3.63, 3.8) is 0 Å². The number of carbonyl (C=O) groups excluding carboxylic acids is 2. The molecule has 4 nitrogen and oxygen atoms in total. The van der Waals surface area contributed by atoms with Gasteiger partial charge in [0.2, 0.25) is 0 Å². The maximum Gasteiger partial charge on any atom is 0.283 e. The number of hydrogen-bond acceptors (Lipinski definition) is 3. The molecule has 128 valence electrons. The Morgan fingerprint density at radius 2 is 1.80 bits per heavy atom. The van der Waals surface area contributed by atoms with Crippen molar-refractivity contribution in [2.75, 3.05) is 18.0 Å². The molecule has 0 bridgehead atoms. The number of halogens is 1. The molecule has 0 spiro atoms. The maximum absolute atomic E-state index is 13.1. The van der Waals surface area contributed by atoms with E-state index in [1.807, 2.05) is 41.3 Å². The van der Waals surface area contributed by atoms with E-state index < -0.39 is 5.91 Å². The predicted octanol–water partition coefficient (Wildman–Crippen LogP) is 3.90. The Morgan fingerprint density at radius 1 is 1.04 bits per heavy atom. The third kappa shape index (κ3) is 2.61. The second-order valence-electron chi connectivity index (χ2n) is 6.80. The zero-order chi connectivity index (χ0) is 17.6. The highest BCUT2D eigenvalue weighted by Crippen LogP contribution is 2.36. The Balaban J connectivity index is 1.76. The van der Waals surface area contributed by atoms with E-state index >= 15 is 0 Å². The van der Waals surface area contributed by atoms with Crippen LogP contribution in [0.15, 0.2) is 53.2 Å². The van der Waals surface area contributed by atoms with Gasteiger partial charge in [-0.3, -0.25) is 9.59 Å². The molecule has 0 aliphatic carbocycles. The van der Waals surface area contributed by atoms with E-state index in [0.717, 1.165) is 36.7 Å². The summed E-state index contributed by atoms with van der Waals surface area (Å²) in [5, 5.41) is 1.88. The topological polar surface area (TPSA) is 40.6 Å². The van der Waals surface area contributed by atoms with Gasteiger partial charge in [0.05, 0.1) is 5.69 Å². The molecule has 25 heavy (non-hydrogen) atoms. The quantitative estimate of drug-likeness (QED) is 0.768. The van der Waals surface area contributed by atoms with Crippen LogP contribution in [0.5, 0.6) is 0 Å². The summed E-state index contributed by atoms with van der Waals surface area (Å²) in [5.41, 5.74) is 0.942. The summed E-state index contributed by atoms with van der Waals surface area (Å²) in [6, 6.07) is 13.3. The van der Waals surface area contributed by atoms with E-state index in [4.69, 9.17) is 11.6 Å². The second kappa shape index (κ2) is 6.19. The number of amides is 2. The van der Waals surface area contributed by atoms with Crippen LogP contribution in [0, 0.1) is 5.92 Å². The lowest BCUT2D eigenvalue weighted by Crippen LogP contribution is -2.39. The minimum atomic E-state index is -0.434. The minimum Gasteiger partial charge on any atom is -0.365 e. The van der Waals surface area contributed by atoms with Crippen LogP contribution in [-0.4, -0.2) is 29.8 Å². The van der Waals surface area contributed by atoms with Gasteiger partial charge in [0.15, 0.2) is 0 Å². The molecule has 0 N–H and O–H groups in total. The zero-order valence-corrected chi connectivity index (χ0v) is 14.8. The average Bonchev–Trinajstić information content (AvgIpc) is 2.84. The fourth-order valence-electron chi connectivity index (χ4n) is 3.78. The van der Waals surface area contributed by atoms with Crippen LogP contribution >= 0.6 is 11.6 Å². The second-order valence-corrected chi connectivity index (χ2v) is 7.18. The third-order valence-corrected chi connectivity index (χ3v) is 5.33. The third-order valence-electron chi connectivity index (χ3n) is 4.99. The summed E-state index contributed by atoms with van der Waals surface area (Å²) in [7, 11) is 0. The number of rotatable bonds is 2. The molecule has 0 saturated carbocycles. The van der Waals surface area contributed by atoms with E-state index in [1.165, 1.54) is 4.90 Å². The van der Waals surface area contributed by atoms with Gasteiger partial charge in [0.1, 0.15) is 10.7 Å². The molecule has 5 heteroatoms. The van der Waals surface area contributed by atoms with Crippen LogP contribution in [0.25, 0.3) is 10.8 Å². The van der Waals surface area contributed by atoms with Gasteiger partial charge in [-0.05, 0) is 30.2 Å². The lowest BCUT2D eigenvalue weighted by atomic mass is 10.00. The number of likely N-dealkylation sites (tertiary alicyclic amines) is 1. The fourth-order valence-corrected chi connectivity index (χ4v) is 4.07. The Bertz CT molecular complexity index is 900. The number of nitrogens with zero attached hydrogens (tertiary/aromatic N) is 2. The van der Waals surface area contributed by atoms with Crippen LogP contribution in [0.2, 0.25) is 0 Å². The van der Waals surface area contributed by atoms with Crippen molar-refractivity contribution in [2.45, 2.75) is 19.8 Å².